The first-order valence-corrected chi connectivity index (χ1v) is 5.54. The number of nitrogen functional groups attached to an aromatic ring is 1. The highest BCUT2D eigenvalue weighted by Gasteiger charge is 2.06. The molecule has 0 bridgehead atoms. The minimum atomic E-state index is 0.693. The molecule has 0 amide bonds. The van der Waals surface area contributed by atoms with E-state index >= 15 is 0 Å². The Hall–Kier alpha value is -0.800. The van der Waals surface area contributed by atoms with Gasteiger partial charge in [0.2, 0.25) is 0 Å². The van der Waals surface area contributed by atoms with Crippen LogP contribution < -0.4 is 5.73 Å². The first-order chi connectivity index (χ1) is 6.22. The molecule has 1 aromatic heterocycles. The Labute approximate surface area is 93.1 Å². The maximum absolute atomic E-state index is 8.75. The van der Waals surface area contributed by atoms with Crippen LogP contribution >= 0.6 is 33.9 Å². The fourth-order valence-electron chi connectivity index (χ4n) is 1.20. The van der Waals surface area contributed by atoms with Crippen molar-refractivity contribution in [1.82, 2.24) is 0 Å². The molecule has 0 radical (unpaired) electrons. The second-order valence-corrected chi connectivity index (χ2v) is 4.71. The van der Waals surface area contributed by atoms with E-state index in [2.05, 4.69) is 28.7 Å². The van der Waals surface area contributed by atoms with Crippen LogP contribution in [0.2, 0.25) is 0 Å². The molecule has 0 aliphatic heterocycles. The number of hydrogen-bond acceptors (Lipinski definition) is 3. The van der Waals surface area contributed by atoms with Gasteiger partial charge in [0, 0.05) is 19.0 Å². The Morgan fingerprint density at radius 3 is 2.92 bits per heavy atom. The van der Waals surface area contributed by atoms with Gasteiger partial charge in [-0.1, -0.05) is 0 Å². The van der Waals surface area contributed by atoms with Gasteiger partial charge in [0.15, 0.2) is 0 Å². The molecule has 2 nitrogen and oxygen atoms in total. The molecule has 0 aliphatic carbocycles. The Kier molecular flexibility index (Phi) is 2.14. The number of nitrogens with zero attached hydrogens (tertiary/aromatic N) is 1. The van der Waals surface area contributed by atoms with Crippen LogP contribution in [0.4, 0.5) is 5.69 Å². The van der Waals surface area contributed by atoms with E-state index in [1.165, 1.54) is 0 Å². The van der Waals surface area contributed by atoms with E-state index in [0.717, 1.165) is 19.3 Å². The molecule has 0 fully saturated rings. The maximum atomic E-state index is 8.75. The number of rotatable bonds is 0. The summed E-state index contributed by atoms with van der Waals surface area (Å²) < 4.78 is 2.13. The second-order valence-electron chi connectivity index (χ2n) is 2.63. The lowest BCUT2D eigenvalue weighted by Crippen LogP contribution is -1.84. The predicted octanol–water partition coefficient (Wildman–Crippen LogP) is 2.96. The normalized spacial score (nSPS) is 10.2. The molecule has 0 saturated heterocycles. The van der Waals surface area contributed by atoms with Crippen molar-refractivity contribution < 1.29 is 0 Å². The number of halogens is 1. The summed E-state index contributed by atoms with van der Waals surface area (Å²) >= 11 is 3.78. The van der Waals surface area contributed by atoms with Gasteiger partial charge in [0.1, 0.15) is 0 Å². The van der Waals surface area contributed by atoms with Crippen LogP contribution in [-0.2, 0) is 0 Å². The van der Waals surface area contributed by atoms with Crippen LogP contribution in [-0.4, -0.2) is 0 Å². The van der Waals surface area contributed by atoms with Crippen LogP contribution in [0.1, 0.15) is 5.56 Å². The summed E-state index contributed by atoms with van der Waals surface area (Å²) in [6, 6.07) is 5.86. The smallest absolute Gasteiger partial charge is 0.0992 e. The topological polar surface area (TPSA) is 49.8 Å². The molecule has 1 aromatic carbocycles. The fraction of sp³-hybridized carbons (Fsp3) is 0. The van der Waals surface area contributed by atoms with Gasteiger partial charge in [-0.05, 0) is 34.7 Å². The van der Waals surface area contributed by atoms with Gasteiger partial charge in [-0.3, -0.25) is 0 Å². The number of fused-ring (bicyclic) bond motifs is 1. The highest BCUT2D eigenvalue weighted by molar-refractivity contribution is 14.1. The standard InChI is InChI=1S/C9H5IN2S/c10-6-1-5(3-11)2-8-9(6)7(12)4-13-8/h1-2,4H,12H2. The lowest BCUT2D eigenvalue weighted by atomic mass is 10.2. The Morgan fingerprint density at radius 1 is 1.46 bits per heavy atom. The number of nitrogens with two attached hydrogens (primary N) is 1. The van der Waals surface area contributed by atoms with Gasteiger partial charge >= 0.3 is 0 Å². The van der Waals surface area contributed by atoms with Gasteiger partial charge in [0.25, 0.3) is 0 Å². The quantitative estimate of drug-likeness (QED) is 0.760. The van der Waals surface area contributed by atoms with E-state index < -0.39 is 0 Å². The molecule has 0 unspecified atom stereocenters. The third-order valence-electron chi connectivity index (χ3n) is 1.78. The van der Waals surface area contributed by atoms with Crippen LogP contribution in [0.3, 0.4) is 0 Å². The zero-order valence-electron chi connectivity index (χ0n) is 6.54. The molecule has 2 N–H and O–H groups in total. The summed E-state index contributed by atoms with van der Waals surface area (Å²) in [4.78, 5) is 0. The van der Waals surface area contributed by atoms with Crippen molar-refractivity contribution in [2.24, 2.45) is 0 Å². The summed E-state index contributed by atoms with van der Waals surface area (Å²) in [7, 11) is 0. The minimum absolute atomic E-state index is 0.693. The summed E-state index contributed by atoms with van der Waals surface area (Å²) in [6.45, 7) is 0. The average Bonchev–Trinajstić information content (AvgIpc) is 2.48. The number of nitriles is 1. The van der Waals surface area contributed by atoms with Crippen LogP contribution in [0.25, 0.3) is 10.1 Å². The largest absolute Gasteiger partial charge is 0.398 e. The van der Waals surface area contributed by atoms with E-state index in [-0.39, 0.29) is 0 Å². The van der Waals surface area contributed by atoms with Gasteiger partial charge < -0.3 is 5.73 Å². The molecule has 2 rings (SSSR count). The van der Waals surface area contributed by atoms with E-state index in [1.807, 2.05) is 17.5 Å². The predicted molar refractivity (Wildman–Crippen MR) is 63.7 cm³/mol. The van der Waals surface area contributed by atoms with Crippen LogP contribution in [0, 0.1) is 14.9 Å². The zero-order valence-corrected chi connectivity index (χ0v) is 9.52. The number of hydrogen-bond donors (Lipinski definition) is 1. The Balaban J connectivity index is 2.89. The number of benzene rings is 1. The third kappa shape index (κ3) is 1.38. The highest BCUT2D eigenvalue weighted by atomic mass is 127. The maximum Gasteiger partial charge on any atom is 0.0992 e. The van der Waals surface area contributed by atoms with Crippen LogP contribution in [0.15, 0.2) is 17.5 Å². The molecule has 64 valence electrons. The molecule has 0 spiro atoms. The molecule has 13 heavy (non-hydrogen) atoms. The van der Waals surface area contributed by atoms with Crippen molar-refractivity contribution in [1.29, 1.82) is 5.26 Å². The van der Waals surface area contributed by atoms with Crippen molar-refractivity contribution in [3.8, 4) is 6.07 Å². The first-order valence-electron chi connectivity index (χ1n) is 3.58. The number of anilines is 1. The minimum Gasteiger partial charge on any atom is -0.398 e. The number of thiophene rings is 1. The molecule has 0 atom stereocenters. The Bertz CT molecular complexity index is 510. The monoisotopic (exact) mass is 300 g/mol. The van der Waals surface area contributed by atoms with Crippen molar-refractivity contribution in [2.45, 2.75) is 0 Å². The molecular formula is C9H5IN2S. The van der Waals surface area contributed by atoms with Crippen molar-refractivity contribution in [3.05, 3.63) is 26.6 Å². The SMILES string of the molecule is N#Cc1cc(I)c2c(N)csc2c1. The first kappa shape index (κ1) is 8.78. The summed E-state index contributed by atoms with van der Waals surface area (Å²) in [5.74, 6) is 0. The van der Waals surface area contributed by atoms with Crippen molar-refractivity contribution in [3.63, 3.8) is 0 Å². The second kappa shape index (κ2) is 3.16. The third-order valence-corrected chi connectivity index (χ3v) is 3.58. The van der Waals surface area contributed by atoms with Crippen molar-refractivity contribution in [2.75, 3.05) is 5.73 Å². The summed E-state index contributed by atoms with van der Waals surface area (Å²) in [6.07, 6.45) is 0. The van der Waals surface area contributed by atoms with E-state index in [0.29, 0.717) is 5.56 Å². The van der Waals surface area contributed by atoms with E-state index in [9.17, 15) is 0 Å². The summed E-state index contributed by atoms with van der Waals surface area (Å²) in [5, 5.41) is 11.7. The van der Waals surface area contributed by atoms with Gasteiger partial charge in [0.05, 0.1) is 17.3 Å². The molecule has 2 aromatic rings. The van der Waals surface area contributed by atoms with Gasteiger partial charge in [-0.25, -0.2) is 0 Å². The van der Waals surface area contributed by atoms with Gasteiger partial charge in [-0.15, -0.1) is 11.3 Å². The fourth-order valence-corrected chi connectivity index (χ4v) is 3.24. The van der Waals surface area contributed by atoms with Crippen molar-refractivity contribution >= 4 is 49.7 Å². The molecule has 4 heteroatoms. The average molecular weight is 300 g/mol. The lowest BCUT2D eigenvalue weighted by molar-refractivity contribution is 1.49. The zero-order chi connectivity index (χ0) is 9.42. The molecular weight excluding hydrogens is 295 g/mol. The molecule has 1 heterocycles. The van der Waals surface area contributed by atoms with Gasteiger partial charge in [-0.2, -0.15) is 5.26 Å². The highest BCUT2D eigenvalue weighted by Crippen LogP contribution is 2.32. The van der Waals surface area contributed by atoms with E-state index in [4.69, 9.17) is 11.0 Å². The molecule has 0 saturated carbocycles. The van der Waals surface area contributed by atoms with E-state index in [1.54, 1.807) is 11.3 Å². The lowest BCUT2D eigenvalue weighted by Gasteiger charge is -1.96. The summed E-state index contributed by atoms with van der Waals surface area (Å²) in [5.41, 5.74) is 7.28. The Morgan fingerprint density at radius 2 is 2.23 bits per heavy atom. The van der Waals surface area contributed by atoms with Crippen LogP contribution in [0.5, 0.6) is 0 Å². The molecule has 0 aliphatic rings.